The Bertz CT molecular complexity index is 509. The molecular weight excluding hydrogens is 353 g/mol. The predicted octanol–water partition coefficient (Wildman–Crippen LogP) is 4.03. The fourth-order valence-electron chi connectivity index (χ4n) is 1.55. The minimum Gasteiger partial charge on any atom is -0.486 e. The Kier molecular flexibility index (Phi) is 6.74. The molecule has 0 bridgehead atoms. The fourth-order valence-corrected chi connectivity index (χ4v) is 2.46. The van der Waals surface area contributed by atoms with Gasteiger partial charge in [0.2, 0.25) is 5.75 Å². The lowest BCUT2D eigenvalue weighted by atomic mass is 10.2. The van der Waals surface area contributed by atoms with E-state index in [9.17, 15) is 14.9 Å². The van der Waals surface area contributed by atoms with E-state index in [1.54, 1.807) is 0 Å². The first-order valence-electron chi connectivity index (χ1n) is 5.90. The van der Waals surface area contributed by atoms with Crippen molar-refractivity contribution in [2.75, 3.05) is 6.61 Å². The number of carbonyl (C=O) groups is 1. The summed E-state index contributed by atoms with van der Waals surface area (Å²) in [6.07, 6.45) is 1.98. The van der Waals surface area contributed by atoms with Crippen LogP contribution in [-0.4, -0.2) is 22.6 Å². The topological polar surface area (TPSA) is 89.7 Å². The van der Waals surface area contributed by atoms with Crippen molar-refractivity contribution in [2.45, 2.75) is 25.7 Å². The first kappa shape index (κ1) is 16.7. The average molecular weight is 367 g/mol. The van der Waals surface area contributed by atoms with Crippen LogP contribution in [0.5, 0.6) is 5.75 Å². The summed E-state index contributed by atoms with van der Waals surface area (Å²) in [4.78, 5) is 20.7. The minimum absolute atomic E-state index is 0.116. The Morgan fingerprint density at radius 1 is 1.40 bits per heavy atom. The number of hydrogen-bond acceptors (Lipinski definition) is 4. The zero-order valence-corrected chi connectivity index (χ0v) is 12.8. The van der Waals surface area contributed by atoms with Crippen molar-refractivity contribution in [1.29, 1.82) is 0 Å². The number of carboxylic acid groups (broad SMARTS) is 1. The lowest BCUT2D eigenvalue weighted by Crippen LogP contribution is -2.02. The van der Waals surface area contributed by atoms with E-state index in [-0.39, 0.29) is 29.5 Å². The molecule has 0 amide bonds. The van der Waals surface area contributed by atoms with Crippen LogP contribution >= 0.6 is 27.5 Å². The van der Waals surface area contributed by atoms with E-state index in [2.05, 4.69) is 15.9 Å². The van der Waals surface area contributed by atoms with Crippen molar-refractivity contribution in [3.8, 4) is 5.75 Å². The molecule has 0 saturated carbocycles. The third-order valence-corrected chi connectivity index (χ3v) is 3.27. The maximum absolute atomic E-state index is 10.9. The predicted molar refractivity (Wildman–Crippen MR) is 77.4 cm³/mol. The van der Waals surface area contributed by atoms with Crippen molar-refractivity contribution in [1.82, 2.24) is 0 Å². The summed E-state index contributed by atoms with van der Waals surface area (Å²) in [6, 6.07) is 2.75. The molecular formula is C12H13BrClNO5. The molecule has 0 aromatic heterocycles. The van der Waals surface area contributed by atoms with Gasteiger partial charge in [-0.25, -0.2) is 0 Å². The summed E-state index contributed by atoms with van der Waals surface area (Å²) < 4.78 is 5.82. The van der Waals surface area contributed by atoms with E-state index in [0.717, 1.165) is 0 Å². The first-order chi connectivity index (χ1) is 9.41. The van der Waals surface area contributed by atoms with Crippen molar-refractivity contribution >= 4 is 39.2 Å². The molecule has 0 spiro atoms. The van der Waals surface area contributed by atoms with Gasteiger partial charge in [-0.1, -0.05) is 11.6 Å². The van der Waals surface area contributed by atoms with E-state index < -0.39 is 10.9 Å². The highest BCUT2D eigenvalue weighted by molar-refractivity contribution is 9.10. The molecule has 0 aliphatic rings. The summed E-state index contributed by atoms with van der Waals surface area (Å²) in [5.41, 5.74) is -0.199. The summed E-state index contributed by atoms with van der Waals surface area (Å²) in [5.74, 6) is -0.695. The Balaban J connectivity index is 2.55. The quantitative estimate of drug-likeness (QED) is 0.426. The number of aliphatic carboxylic acids is 1. The molecule has 8 heteroatoms. The Morgan fingerprint density at radius 2 is 2.10 bits per heavy atom. The van der Waals surface area contributed by atoms with Crippen LogP contribution in [-0.2, 0) is 4.79 Å². The van der Waals surface area contributed by atoms with E-state index in [0.29, 0.717) is 23.7 Å². The number of unbranched alkanes of at least 4 members (excludes halogenated alkanes) is 2. The number of rotatable bonds is 8. The number of carboxylic acids is 1. The molecule has 20 heavy (non-hydrogen) atoms. The molecule has 1 aromatic rings. The molecule has 0 aliphatic heterocycles. The molecule has 0 atom stereocenters. The average Bonchev–Trinajstić information content (AvgIpc) is 2.34. The molecule has 0 radical (unpaired) electrons. The molecule has 0 heterocycles. The number of nitro groups is 1. The van der Waals surface area contributed by atoms with Crippen molar-refractivity contribution in [2.24, 2.45) is 0 Å². The largest absolute Gasteiger partial charge is 0.486 e. The zero-order chi connectivity index (χ0) is 15.1. The van der Waals surface area contributed by atoms with Crippen molar-refractivity contribution in [3.63, 3.8) is 0 Å². The molecule has 110 valence electrons. The number of nitrogens with zero attached hydrogens (tertiary/aromatic N) is 1. The standard InChI is InChI=1S/C12H13BrClNO5/c13-9-6-8(14)7-10(15(18)19)12(9)20-5-3-1-2-4-11(16)17/h6-7H,1-5H2,(H,16,17). The van der Waals surface area contributed by atoms with E-state index in [4.69, 9.17) is 21.4 Å². The van der Waals surface area contributed by atoms with E-state index >= 15 is 0 Å². The second-order valence-corrected chi connectivity index (χ2v) is 5.34. The molecule has 1 N–H and O–H groups in total. The third kappa shape index (κ3) is 5.34. The SMILES string of the molecule is O=C(O)CCCCCOc1c(Br)cc(Cl)cc1[N+](=O)[O-]. The van der Waals surface area contributed by atoms with Gasteiger partial charge in [-0.15, -0.1) is 0 Å². The molecule has 1 aromatic carbocycles. The van der Waals surface area contributed by atoms with Gasteiger partial charge in [0.15, 0.2) is 0 Å². The third-order valence-electron chi connectivity index (χ3n) is 2.47. The van der Waals surface area contributed by atoms with Crippen LogP contribution in [0.25, 0.3) is 0 Å². The van der Waals surface area contributed by atoms with Gasteiger partial charge in [-0.3, -0.25) is 14.9 Å². The molecule has 0 unspecified atom stereocenters. The normalized spacial score (nSPS) is 10.3. The lowest BCUT2D eigenvalue weighted by Gasteiger charge is -2.09. The van der Waals surface area contributed by atoms with Crippen LogP contribution in [0.1, 0.15) is 25.7 Å². The van der Waals surface area contributed by atoms with E-state index in [1.807, 2.05) is 0 Å². The van der Waals surface area contributed by atoms with Crippen LogP contribution in [0.2, 0.25) is 5.02 Å². The minimum atomic E-state index is -0.831. The van der Waals surface area contributed by atoms with Gasteiger partial charge < -0.3 is 9.84 Å². The van der Waals surface area contributed by atoms with Gasteiger partial charge in [-0.2, -0.15) is 0 Å². The van der Waals surface area contributed by atoms with Crippen LogP contribution in [0.15, 0.2) is 16.6 Å². The highest BCUT2D eigenvalue weighted by Crippen LogP contribution is 2.37. The summed E-state index contributed by atoms with van der Waals surface area (Å²) in [6.45, 7) is 0.278. The number of halogens is 2. The molecule has 1 rings (SSSR count). The number of ether oxygens (including phenoxy) is 1. The Morgan fingerprint density at radius 3 is 2.70 bits per heavy atom. The number of hydrogen-bond donors (Lipinski definition) is 1. The maximum atomic E-state index is 10.9. The summed E-state index contributed by atoms with van der Waals surface area (Å²) in [5, 5.41) is 19.6. The molecule has 0 saturated heterocycles. The first-order valence-corrected chi connectivity index (χ1v) is 7.07. The van der Waals surface area contributed by atoms with Crippen LogP contribution < -0.4 is 4.74 Å². The monoisotopic (exact) mass is 365 g/mol. The highest BCUT2D eigenvalue weighted by Gasteiger charge is 2.19. The van der Waals surface area contributed by atoms with Crippen LogP contribution in [0, 0.1) is 10.1 Å². The molecule has 0 fully saturated rings. The fraction of sp³-hybridized carbons (Fsp3) is 0.417. The second-order valence-electron chi connectivity index (χ2n) is 4.05. The maximum Gasteiger partial charge on any atom is 0.313 e. The van der Waals surface area contributed by atoms with Crippen molar-refractivity contribution < 1.29 is 19.6 Å². The van der Waals surface area contributed by atoms with Crippen molar-refractivity contribution in [3.05, 3.63) is 31.7 Å². The van der Waals surface area contributed by atoms with Crippen LogP contribution in [0.3, 0.4) is 0 Å². The van der Waals surface area contributed by atoms with Gasteiger partial charge in [0.25, 0.3) is 0 Å². The van der Waals surface area contributed by atoms with Gasteiger partial charge >= 0.3 is 11.7 Å². The second kappa shape index (κ2) is 8.06. The summed E-state index contributed by atoms with van der Waals surface area (Å²) in [7, 11) is 0. The number of benzene rings is 1. The lowest BCUT2D eigenvalue weighted by molar-refractivity contribution is -0.385. The van der Waals surface area contributed by atoms with Gasteiger partial charge in [0.05, 0.1) is 16.0 Å². The highest BCUT2D eigenvalue weighted by atomic mass is 79.9. The van der Waals surface area contributed by atoms with Gasteiger partial charge in [-0.05, 0) is 41.3 Å². The molecule has 0 aliphatic carbocycles. The smallest absolute Gasteiger partial charge is 0.313 e. The molecule has 6 nitrogen and oxygen atoms in total. The van der Waals surface area contributed by atoms with Crippen LogP contribution in [0.4, 0.5) is 5.69 Å². The Hall–Kier alpha value is -1.34. The van der Waals surface area contributed by atoms with Gasteiger partial charge in [0, 0.05) is 17.5 Å². The zero-order valence-electron chi connectivity index (χ0n) is 10.5. The number of nitro benzene ring substituents is 1. The Labute approximate surface area is 129 Å². The van der Waals surface area contributed by atoms with E-state index in [1.165, 1.54) is 12.1 Å². The van der Waals surface area contributed by atoms with Gasteiger partial charge in [0.1, 0.15) is 0 Å². The summed E-state index contributed by atoms with van der Waals surface area (Å²) >= 11 is 8.93.